The maximum absolute atomic E-state index is 13.9. The molecule has 0 fully saturated rings. The van der Waals surface area contributed by atoms with Crippen molar-refractivity contribution >= 4 is 34.0 Å². The lowest BCUT2D eigenvalue weighted by atomic mass is 10.1. The third kappa shape index (κ3) is 4.70. The van der Waals surface area contributed by atoms with E-state index in [9.17, 15) is 18.0 Å². The van der Waals surface area contributed by atoms with Gasteiger partial charge in [-0.1, -0.05) is 18.2 Å². The first-order valence-electron chi connectivity index (χ1n) is 10.0. The quantitative estimate of drug-likeness (QED) is 0.380. The molecule has 0 saturated carbocycles. The van der Waals surface area contributed by atoms with Crippen LogP contribution in [0.15, 0.2) is 67.0 Å². The van der Waals surface area contributed by atoms with Crippen LogP contribution < -0.4 is 20.1 Å². The molecule has 0 aliphatic heterocycles. The number of alkyl halides is 3. The van der Waals surface area contributed by atoms with Crippen LogP contribution in [0.1, 0.15) is 15.9 Å². The number of fused-ring (bicyclic) bond motifs is 1. The average molecular weight is 468 g/mol. The van der Waals surface area contributed by atoms with Crippen LogP contribution in [0.5, 0.6) is 11.5 Å². The summed E-state index contributed by atoms with van der Waals surface area (Å²) in [7, 11) is 2.92. The van der Waals surface area contributed by atoms with Gasteiger partial charge in [-0.05, 0) is 36.4 Å². The number of rotatable bonds is 6. The first kappa shape index (κ1) is 22.8. The van der Waals surface area contributed by atoms with Crippen LogP contribution in [-0.2, 0) is 6.18 Å². The van der Waals surface area contributed by atoms with E-state index in [4.69, 9.17) is 9.47 Å². The van der Waals surface area contributed by atoms with Crippen molar-refractivity contribution in [2.45, 2.75) is 6.18 Å². The molecule has 0 aliphatic carbocycles. The first-order valence-corrected chi connectivity index (χ1v) is 10.0. The Kier molecular flexibility index (Phi) is 6.22. The number of anilines is 3. The Balaban J connectivity index is 1.71. The SMILES string of the molecule is COc1cc2ncnc(Nc3ccc(NC(=O)c4ccccc4)cc3C(F)(F)F)c2cc1OC. The van der Waals surface area contributed by atoms with Gasteiger partial charge < -0.3 is 20.1 Å². The minimum Gasteiger partial charge on any atom is -0.493 e. The second-order valence-corrected chi connectivity index (χ2v) is 7.15. The van der Waals surface area contributed by atoms with Gasteiger partial charge in [-0.25, -0.2) is 9.97 Å². The average Bonchev–Trinajstić information content (AvgIpc) is 2.84. The number of nitrogens with one attached hydrogen (secondary N) is 2. The summed E-state index contributed by atoms with van der Waals surface area (Å²) in [5.74, 6) is 0.437. The van der Waals surface area contributed by atoms with Crippen molar-refractivity contribution in [2.24, 2.45) is 0 Å². The van der Waals surface area contributed by atoms with Crippen molar-refractivity contribution in [1.29, 1.82) is 0 Å². The van der Waals surface area contributed by atoms with Crippen molar-refractivity contribution in [3.63, 3.8) is 0 Å². The molecule has 0 atom stereocenters. The molecule has 7 nitrogen and oxygen atoms in total. The van der Waals surface area contributed by atoms with Crippen molar-refractivity contribution in [3.8, 4) is 11.5 Å². The summed E-state index contributed by atoms with van der Waals surface area (Å²) in [5.41, 5.74) is -0.415. The number of hydrogen-bond acceptors (Lipinski definition) is 6. The van der Waals surface area contributed by atoms with Crippen LogP contribution >= 0.6 is 0 Å². The lowest BCUT2D eigenvalue weighted by Gasteiger charge is -2.17. The molecule has 0 saturated heterocycles. The normalized spacial score (nSPS) is 11.2. The molecule has 2 N–H and O–H groups in total. The second kappa shape index (κ2) is 9.26. The number of halogens is 3. The number of methoxy groups -OCH3 is 2. The molecule has 0 unspecified atom stereocenters. The van der Waals surface area contributed by atoms with E-state index in [1.807, 2.05) is 0 Å². The molecule has 10 heteroatoms. The highest BCUT2D eigenvalue weighted by atomic mass is 19.4. The lowest BCUT2D eigenvalue weighted by molar-refractivity contribution is -0.136. The van der Waals surface area contributed by atoms with Gasteiger partial charge in [0.25, 0.3) is 5.91 Å². The zero-order chi connectivity index (χ0) is 24.3. The summed E-state index contributed by atoms with van der Waals surface area (Å²) in [6, 6.07) is 14.9. The Bertz CT molecular complexity index is 1340. The topological polar surface area (TPSA) is 85.4 Å². The number of aromatic nitrogens is 2. The number of carbonyl (C=O) groups is 1. The van der Waals surface area contributed by atoms with Crippen LogP contribution in [0.25, 0.3) is 10.9 Å². The highest BCUT2D eigenvalue weighted by Crippen LogP contribution is 2.39. The van der Waals surface area contributed by atoms with E-state index in [1.54, 1.807) is 42.5 Å². The maximum atomic E-state index is 13.9. The Morgan fingerprint density at radius 2 is 1.62 bits per heavy atom. The third-order valence-corrected chi connectivity index (χ3v) is 5.01. The van der Waals surface area contributed by atoms with E-state index in [0.29, 0.717) is 28.0 Å². The van der Waals surface area contributed by atoms with Crippen LogP contribution in [-0.4, -0.2) is 30.1 Å². The Morgan fingerprint density at radius 1 is 0.912 bits per heavy atom. The Labute approximate surface area is 192 Å². The number of amides is 1. The van der Waals surface area contributed by atoms with Crippen LogP contribution in [0.3, 0.4) is 0 Å². The van der Waals surface area contributed by atoms with Gasteiger partial charge in [-0.15, -0.1) is 0 Å². The highest BCUT2D eigenvalue weighted by Gasteiger charge is 2.34. The summed E-state index contributed by atoms with van der Waals surface area (Å²) in [4.78, 5) is 20.6. The summed E-state index contributed by atoms with van der Waals surface area (Å²) >= 11 is 0. The number of hydrogen-bond donors (Lipinski definition) is 2. The fourth-order valence-corrected chi connectivity index (χ4v) is 3.37. The van der Waals surface area contributed by atoms with Gasteiger partial charge in [0, 0.05) is 22.7 Å². The van der Waals surface area contributed by atoms with Gasteiger partial charge in [0.2, 0.25) is 0 Å². The van der Waals surface area contributed by atoms with Gasteiger partial charge >= 0.3 is 6.18 Å². The molecule has 1 aromatic heterocycles. The standard InChI is InChI=1S/C24H19F3N4O3/c1-33-20-11-16-19(12-21(20)34-2)28-13-29-22(16)31-18-9-8-15(10-17(18)24(25,26)27)30-23(32)14-6-4-3-5-7-14/h3-13H,1-2H3,(H,30,32)(H,28,29,31). The molecule has 1 amide bonds. The van der Waals surface area contributed by atoms with E-state index in [1.165, 1.54) is 32.7 Å². The molecule has 34 heavy (non-hydrogen) atoms. The van der Waals surface area contributed by atoms with Crippen LogP contribution in [0.4, 0.5) is 30.4 Å². The van der Waals surface area contributed by atoms with Gasteiger partial charge in [-0.3, -0.25) is 4.79 Å². The minimum absolute atomic E-state index is 0.00526. The van der Waals surface area contributed by atoms with E-state index in [2.05, 4.69) is 20.6 Å². The number of benzene rings is 3. The van der Waals surface area contributed by atoms with Gasteiger partial charge in [0.05, 0.1) is 31.0 Å². The fraction of sp³-hybridized carbons (Fsp3) is 0.125. The summed E-state index contributed by atoms with van der Waals surface area (Å²) in [5, 5.41) is 5.68. The first-order chi connectivity index (χ1) is 16.3. The smallest absolute Gasteiger partial charge is 0.418 e. The number of ether oxygens (including phenoxy) is 2. The van der Waals surface area contributed by atoms with Crippen LogP contribution in [0, 0.1) is 0 Å². The molecule has 174 valence electrons. The summed E-state index contributed by atoms with van der Waals surface area (Å²) in [6.45, 7) is 0. The van der Waals surface area contributed by atoms with E-state index < -0.39 is 17.6 Å². The maximum Gasteiger partial charge on any atom is 0.418 e. The van der Waals surface area contributed by atoms with Gasteiger partial charge in [0.1, 0.15) is 12.1 Å². The van der Waals surface area contributed by atoms with Crippen molar-refractivity contribution in [2.75, 3.05) is 24.9 Å². The van der Waals surface area contributed by atoms with E-state index in [0.717, 1.165) is 6.07 Å². The van der Waals surface area contributed by atoms with Crippen LogP contribution in [0.2, 0.25) is 0 Å². The van der Waals surface area contributed by atoms with Crippen molar-refractivity contribution in [3.05, 3.63) is 78.1 Å². The van der Waals surface area contributed by atoms with Crippen molar-refractivity contribution in [1.82, 2.24) is 9.97 Å². The molecular formula is C24H19F3N4O3. The largest absolute Gasteiger partial charge is 0.493 e. The summed E-state index contributed by atoms with van der Waals surface area (Å²) < 4.78 is 52.2. The zero-order valence-electron chi connectivity index (χ0n) is 18.1. The summed E-state index contributed by atoms with van der Waals surface area (Å²) in [6.07, 6.45) is -3.46. The lowest BCUT2D eigenvalue weighted by Crippen LogP contribution is -2.14. The molecule has 0 aliphatic rings. The monoisotopic (exact) mass is 468 g/mol. The molecular weight excluding hydrogens is 449 g/mol. The molecule has 1 heterocycles. The molecule has 0 bridgehead atoms. The van der Waals surface area contributed by atoms with Gasteiger partial charge in [0.15, 0.2) is 11.5 Å². The van der Waals surface area contributed by atoms with Crippen molar-refractivity contribution < 1.29 is 27.4 Å². The molecule has 0 spiro atoms. The molecule has 0 radical (unpaired) electrons. The van der Waals surface area contributed by atoms with E-state index in [-0.39, 0.29) is 17.2 Å². The highest BCUT2D eigenvalue weighted by molar-refractivity contribution is 6.04. The zero-order valence-corrected chi connectivity index (χ0v) is 18.1. The predicted octanol–water partition coefficient (Wildman–Crippen LogP) is 5.66. The molecule has 4 rings (SSSR count). The molecule has 4 aromatic rings. The Morgan fingerprint density at radius 3 is 2.29 bits per heavy atom. The second-order valence-electron chi connectivity index (χ2n) is 7.15. The Hall–Kier alpha value is -4.34. The molecule has 3 aromatic carbocycles. The third-order valence-electron chi connectivity index (χ3n) is 5.01. The van der Waals surface area contributed by atoms with E-state index >= 15 is 0 Å². The number of carbonyl (C=O) groups excluding carboxylic acids is 1. The number of nitrogens with zero attached hydrogens (tertiary/aromatic N) is 2. The predicted molar refractivity (Wildman–Crippen MR) is 122 cm³/mol. The van der Waals surface area contributed by atoms with Gasteiger partial charge in [-0.2, -0.15) is 13.2 Å². The minimum atomic E-state index is -4.69. The fourth-order valence-electron chi connectivity index (χ4n) is 3.37.